The third-order valence-electron chi connectivity index (χ3n) is 5.09. The van der Waals surface area contributed by atoms with Crippen molar-refractivity contribution in [2.24, 2.45) is 0 Å². The van der Waals surface area contributed by atoms with Gasteiger partial charge in [-0.3, -0.25) is 0 Å². The van der Waals surface area contributed by atoms with Gasteiger partial charge in [0.15, 0.2) is 0 Å². The van der Waals surface area contributed by atoms with Crippen LogP contribution in [0.3, 0.4) is 0 Å². The van der Waals surface area contributed by atoms with E-state index in [-0.39, 0.29) is 12.1 Å². The SMILES string of the molecule is CCN1C(=O)OCC1Cc1ccc(Oc2ccc(Nc3ncccc3C#N)cc2)cc1. The van der Waals surface area contributed by atoms with E-state index in [2.05, 4.69) is 16.4 Å². The van der Waals surface area contributed by atoms with Crippen molar-refractivity contribution in [3.63, 3.8) is 0 Å². The number of nitriles is 1. The molecule has 31 heavy (non-hydrogen) atoms. The lowest BCUT2D eigenvalue weighted by molar-refractivity contribution is 0.159. The van der Waals surface area contributed by atoms with Gasteiger partial charge < -0.3 is 19.7 Å². The summed E-state index contributed by atoms with van der Waals surface area (Å²) in [6.07, 6.45) is 2.15. The molecule has 1 N–H and O–H groups in total. The molecule has 3 aromatic rings. The fraction of sp³-hybridized carbons (Fsp3) is 0.208. The summed E-state index contributed by atoms with van der Waals surface area (Å²) in [4.78, 5) is 17.6. The van der Waals surface area contributed by atoms with Crippen LogP contribution in [0.15, 0.2) is 66.9 Å². The number of hydrogen-bond acceptors (Lipinski definition) is 6. The highest BCUT2D eigenvalue weighted by atomic mass is 16.6. The first-order valence-corrected chi connectivity index (χ1v) is 10.1. The molecule has 2 heterocycles. The lowest BCUT2D eigenvalue weighted by Gasteiger charge is -2.19. The molecule has 1 atom stereocenters. The first-order valence-electron chi connectivity index (χ1n) is 10.1. The van der Waals surface area contributed by atoms with Crippen molar-refractivity contribution in [1.29, 1.82) is 5.26 Å². The molecule has 7 nitrogen and oxygen atoms in total. The third kappa shape index (κ3) is 4.75. The first-order chi connectivity index (χ1) is 15.2. The summed E-state index contributed by atoms with van der Waals surface area (Å²) in [6.45, 7) is 3.03. The maximum atomic E-state index is 11.7. The average Bonchev–Trinajstić information content (AvgIpc) is 3.15. The minimum absolute atomic E-state index is 0.0740. The number of anilines is 2. The molecule has 156 valence electrons. The van der Waals surface area contributed by atoms with E-state index < -0.39 is 0 Å². The van der Waals surface area contributed by atoms with Crippen LogP contribution < -0.4 is 10.1 Å². The Morgan fingerprint density at radius 1 is 1.16 bits per heavy atom. The van der Waals surface area contributed by atoms with Crippen LogP contribution in [0.2, 0.25) is 0 Å². The van der Waals surface area contributed by atoms with Gasteiger partial charge in [0, 0.05) is 18.4 Å². The van der Waals surface area contributed by atoms with Crippen LogP contribution in [-0.2, 0) is 11.2 Å². The van der Waals surface area contributed by atoms with Crippen molar-refractivity contribution < 1.29 is 14.3 Å². The van der Waals surface area contributed by atoms with E-state index in [1.54, 1.807) is 23.2 Å². The van der Waals surface area contributed by atoms with E-state index in [0.29, 0.717) is 30.3 Å². The Morgan fingerprint density at radius 2 is 1.87 bits per heavy atom. The Balaban J connectivity index is 1.36. The quantitative estimate of drug-likeness (QED) is 0.593. The number of amides is 1. The van der Waals surface area contributed by atoms with Crippen molar-refractivity contribution in [3.8, 4) is 17.6 Å². The van der Waals surface area contributed by atoms with Gasteiger partial charge in [0.25, 0.3) is 0 Å². The predicted molar refractivity (Wildman–Crippen MR) is 116 cm³/mol. The number of benzene rings is 2. The third-order valence-corrected chi connectivity index (χ3v) is 5.09. The number of ether oxygens (including phenoxy) is 2. The number of rotatable bonds is 7. The number of pyridine rings is 1. The molecule has 1 aliphatic rings. The number of carbonyl (C=O) groups is 1. The first kappa shape index (κ1) is 20.2. The van der Waals surface area contributed by atoms with Gasteiger partial charge in [-0.05, 0) is 67.4 Å². The Hall–Kier alpha value is -4.05. The van der Waals surface area contributed by atoms with Crippen molar-refractivity contribution in [1.82, 2.24) is 9.88 Å². The van der Waals surface area contributed by atoms with Gasteiger partial charge in [0.2, 0.25) is 0 Å². The van der Waals surface area contributed by atoms with E-state index in [0.717, 1.165) is 23.4 Å². The number of likely N-dealkylation sites (N-methyl/N-ethyl adjacent to an activating group) is 1. The largest absolute Gasteiger partial charge is 0.457 e. The lowest BCUT2D eigenvalue weighted by Crippen LogP contribution is -2.34. The predicted octanol–water partition coefficient (Wildman–Crippen LogP) is 4.87. The van der Waals surface area contributed by atoms with Crippen LogP contribution in [0.4, 0.5) is 16.3 Å². The lowest BCUT2D eigenvalue weighted by atomic mass is 10.1. The molecule has 1 amide bonds. The minimum atomic E-state index is -0.239. The zero-order valence-corrected chi connectivity index (χ0v) is 17.1. The second-order valence-electron chi connectivity index (χ2n) is 7.13. The van der Waals surface area contributed by atoms with Crippen molar-refractivity contribution >= 4 is 17.6 Å². The molecule has 1 saturated heterocycles. The smallest absolute Gasteiger partial charge is 0.410 e. The van der Waals surface area contributed by atoms with Crippen LogP contribution in [0.1, 0.15) is 18.1 Å². The second kappa shape index (κ2) is 9.18. The number of hydrogen-bond donors (Lipinski definition) is 1. The van der Waals surface area contributed by atoms with Gasteiger partial charge in [-0.1, -0.05) is 12.1 Å². The second-order valence-corrected chi connectivity index (χ2v) is 7.13. The Bertz CT molecular complexity index is 1090. The Labute approximate surface area is 180 Å². The molecule has 0 saturated carbocycles. The van der Waals surface area contributed by atoms with Gasteiger partial charge in [-0.15, -0.1) is 0 Å². The fourth-order valence-electron chi connectivity index (χ4n) is 3.49. The number of aromatic nitrogens is 1. The van der Waals surface area contributed by atoms with Gasteiger partial charge >= 0.3 is 6.09 Å². The molecule has 1 aliphatic heterocycles. The van der Waals surface area contributed by atoms with E-state index in [1.807, 2.05) is 55.5 Å². The maximum Gasteiger partial charge on any atom is 0.410 e. The average molecular weight is 414 g/mol. The molecule has 2 aromatic carbocycles. The van der Waals surface area contributed by atoms with Crippen LogP contribution in [0.5, 0.6) is 11.5 Å². The monoisotopic (exact) mass is 414 g/mol. The van der Waals surface area contributed by atoms with E-state index in [4.69, 9.17) is 14.7 Å². The number of carbonyl (C=O) groups excluding carboxylic acids is 1. The Morgan fingerprint density at radius 3 is 2.55 bits per heavy atom. The minimum Gasteiger partial charge on any atom is -0.457 e. The molecule has 0 aliphatic carbocycles. The van der Waals surface area contributed by atoms with E-state index in [9.17, 15) is 4.79 Å². The summed E-state index contributed by atoms with van der Waals surface area (Å²) >= 11 is 0. The summed E-state index contributed by atoms with van der Waals surface area (Å²) in [5, 5.41) is 12.3. The molecule has 1 aromatic heterocycles. The number of cyclic esters (lactones) is 1. The maximum absolute atomic E-state index is 11.7. The summed E-state index contributed by atoms with van der Waals surface area (Å²) < 4.78 is 11.1. The zero-order valence-electron chi connectivity index (χ0n) is 17.1. The highest BCUT2D eigenvalue weighted by Gasteiger charge is 2.31. The van der Waals surface area contributed by atoms with Crippen LogP contribution in [-0.4, -0.2) is 35.2 Å². The van der Waals surface area contributed by atoms with Crippen molar-refractivity contribution in [3.05, 3.63) is 78.0 Å². The highest BCUT2D eigenvalue weighted by Crippen LogP contribution is 2.26. The topological polar surface area (TPSA) is 87.5 Å². The summed E-state index contributed by atoms with van der Waals surface area (Å²) in [7, 11) is 0. The normalized spacial score (nSPS) is 15.3. The summed E-state index contributed by atoms with van der Waals surface area (Å²) in [5.74, 6) is 1.95. The molecular formula is C24H22N4O3. The molecule has 7 heteroatoms. The van der Waals surface area contributed by atoms with Gasteiger partial charge in [0.05, 0.1) is 11.6 Å². The van der Waals surface area contributed by atoms with Crippen LogP contribution in [0.25, 0.3) is 0 Å². The number of nitrogens with zero attached hydrogens (tertiary/aromatic N) is 3. The molecule has 0 radical (unpaired) electrons. The summed E-state index contributed by atoms with van der Waals surface area (Å²) in [5.41, 5.74) is 2.42. The molecule has 0 bridgehead atoms. The molecule has 1 fully saturated rings. The standard InChI is InChI=1S/C24H22N4O3/c1-2-28-20(16-30-24(28)29)14-17-5-9-21(10-6-17)31-22-11-7-19(8-12-22)27-23-18(15-25)4-3-13-26-23/h3-13,20H,2,14,16H2,1H3,(H,26,27). The van der Waals surface area contributed by atoms with E-state index in [1.165, 1.54) is 0 Å². The molecule has 4 rings (SSSR count). The fourth-order valence-corrected chi connectivity index (χ4v) is 3.49. The van der Waals surface area contributed by atoms with Crippen molar-refractivity contribution in [2.45, 2.75) is 19.4 Å². The van der Waals surface area contributed by atoms with Crippen molar-refractivity contribution in [2.75, 3.05) is 18.5 Å². The highest BCUT2D eigenvalue weighted by molar-refractivity contribution is 5.70. The molecule has 1 unspecified atom stereocenters. The van der Waals surface area contributed by atoms with Crippen LogP contribution >= 0.6 is 0 Å². The van der Waals surface area contributed by atoms with Gasteiger partial charge in [-0.25, -0.2) is 9.78 Å². The van der Waals surface area contributed by atoms with E-state index >= 15 is 0 Å². The van der Waals surface area contributed by atoms with Crippen LogP contribution in [0, 0.1) is 11.3 Å². The Kier molecular flexibility index (Phi) is 5.99. The summed E-state index contributed by atoms with van der Waals surface area (Å²) in [6, 6.07) is 20.9. The van der Waals surface area contributed by atoms with Gasteiger partial charge in [0.1, 0.15) is 30.0 Å². The zero-order chi connectivity index (χ0) is 21.6. The molecule has 0 spiro atoms. The van der Waals surface area contributed by atoms with Gasteiger partial charge in [-0.2, -0.15) is 5.26 Å². The molecular weight excluding hydrogens is 392 g/mol. The number of nitrogens with one attached hydrogen (secondary N) is 1.